The quantitative estimate of drug-likeness (QED) is 0.825. The zero-order valence-electron chi connectivity index (χ0n) is 8.85. The molecule has 2 N–H and O–H groups in total. The van der Waals surface area contributed by atoms with Gasteiger partial charge >= 0.3 is 0 Å². The normalized spacial score (nSPS) is 12.9. The van der Waals surface area contributed by atoms with Crippen molar-refractivity contribution in [1.29, 1.82) is 0 Å². The molecule has 3 nitrogen and oxygen atoms in total. The van der Waals surface area contributed by atoms with Crippen LogP contribution in [-0.4, -0.2) is 16.2 Å². The summed E-state index contributed by atoms with van der Waals surface area (Å²) in [6.45, 7) is 2.09. The third-order valence-corrected chi connectivity index (χ3v) is 2.63. The van der Waals surface area contributed by atoms with Crippen LogP contribution in [0, 0.1) is 0 Å². The minimum absolute atomic E-state index is 0.171. The van der Waals surface area contributed by atoms with E-state index in [1.54, 1.807) is 6.20 Å². The van der Waals surface area contributed by atoms with E-state index < -0.39 is 0 Å². The fourth-order valence-electron chi connectivity index (χ4n) is 1.63. The zero-order chi connectivity index (χ0) is 10.7. The molecule has 0 radical (unpaired) electrons. The second kappa shape index (κ2) is 4.36. The van der Waals surface area contributed by atoms with Gasteiger partial charge in [-0.05, 0) is 6.42 Å². The van der Waals surface area contributed by atoms with Gasteiger partial charge in [-0.3, -0.25) is 0 Å². The van der Waals surface area contributed by atoms with Crippen LogP contribution in [0.4, 0.5) is 0 Å². The second-order valence-corrected chi connectivity index (χ2v) is 3.75. The number of benzene rings is 1. The molecule has 3 heteroatoms. The number of fused-ring (bicyclic) bond motifs is 1. The maximum Gasteiger partial charge on any atom is 0.0724 e. The Morgan fingerprint density at radius 2 is 2.13 bits per heavy atom. The number of hydrogen-bond donors (Lipinski definition) is 1. The Morgan fingerprint density at radius 3 is 2.93 bits per heavy atom. The van der Waals surface area contributed by atoms with E-state index >= 15 is 0 Å². The summed E-state index contributed by atoms with van der Waals surface area (Å²) in [6, 6.07) is 8.32. The van der Waals surface area contributed by atoms with Gasteiger partial charge in [0.05, 0.1) is 11.9 Å². The van der Waals surface area contributed by atoms with Gasteiger partial charge in [-0.2, -0.15) is 10.2 Å². The van der Waals surface area contributed by atoms with Crippen LogP contribution < -0.4 is 5.73 Å². The van der Waals surface area contributed by atoms with E-state index in [0.29, 0.717) is 0 Å². The second-order valence-electron chi connectivity index (χ2n) is 3.75. The Bertz CT molecular complexity index is 448. The lowest BCUT2D eigenvalue weighted by atomic mass is 10.0. The maximum absolute atomic E-state index is 5.93. The third kappa shape index (κ3) is 2.13. The summed E-state index contributed by atoms with van der Waals surface area (Å²) < 4.78 is 0. The molecular weight excluding hydrogens is 186 g/mol. The van der Waals surface area contributed by atoms with Gasteiger partial charge in [0.25, 0.3) is 0 Å². The van der Waals surface area contributed by atoms with Crippen molar-refractivity contribution in [3.8, 4) is 0 Å². The molecule has 78 valence electrons. The van der Waals surface area contributed by atoms with E-state index in [-0.39, 0.29) is 6.04 Å². The minimum Gasteiger partial charge on any atom is -0.327 e. The van der Waals surface area contributed by atoms with E-state index in [4.69, 9.17) is 5.73 Å². The number of nitrogens with two attached hydrogens (primary N) is 1. The molecule has 0 fully saturated rings. The summed E-state index contributed by atoms with van der Waals surface area (Å²) in [5.74, 6) is 0. The first-order chi connectivity index (χ1) is 7.31. The van der Waals surface area contributed by atoms with Gasteiger partial charge < -0.3 is 5.73 Å². The Kier molecular flexibility index (Phi) is 2.92. The van der Waals surface area contributed by atoms with Gasteiger partial charge in [0.2, 0.25) is 0 Å². The summed E-state index contributed by atoms with van der Waals surface area (Å²) in [4.78, 5) is 0. The molecule has 2 rings (SSSR count). The Labute approximate surface area is 89.3 Å². The molecule has 15 heavy (non-hydrogen) atoms. The molecule has 1 atom stereocenters. The Balaban J connectivity index is 2.42. The van der Waals surface area contributed by atoms with E-state index in [9.17, 15) is 0 Å². The van der Waals surface area contributed by atoms with Crippen LogP contribution in [0.15, 0.2) is 30.5 Å². The van der Waals surface area contributed by atoms with Crippen LogP contribution in [-0.2, 0) is 6.42 Å². The van der Waals surface area contributed by atoms with Crippen molar-refractivity contribution in [3.05, 3.63) is 36.2 Å². The average molecular weight is 201 g/mol. The molecular formula is C12H15N3. The van der Waals surface area contributed by atoms with Gasteiger partial charge in [0, 0.05) is 23.2 Å². The summed E-state index contributed by atoms with van der Waals surface area (Å²) in [7, 11) is 0. The molecule has 0 saturated carbocycles. The highest BCUT2D eigenvalue weighted by Gasteiger charge is 2.06. The number of hydrogen-bond acceptors (Lipinski definition) is 3. The van der Waals surface area contributed by atoms with Crippen molar-refractivity contribution >= 4 is 10.8 Å². The molecule has 0 aliphatic carbocycles. The van der Waals surface area contributed by atoms with Crippen molar-refractivity contribution in [2.75, 3.05) is 0 Å². The van der Waals surface area contributed by atoms with Crippen molar-refractivity contribution in [2.45, 2.75) is 25.8 Å². The molecule has 2 aromatic rings. The van der Waals surface area contributed by atoms with Crippen molar-refractivity contribution in [3.63, 3.8) is 0 Å². The molecule has 1 heterocycles. The third-order valence-electron chi connectivity index (χ3n) is 2.63. The smallest absolute Gasteiger partial charge is 0.0724 e. The lowest BCUT2D eigenvalue weighted by molar-refractivity contribution is 0.634. The molecule has 1 aromatic heterocycles. The van der Waals surface area contributed by atoms with Gasteiger partial charge in [-0.25, -0.2) is 0 Å². The van der Waals surface area contributed by atoms with E-state index in [0.717, 1.165) is 29.3 Å². The van der Waals surface area contributed by atoms with Crippen LogP contribution >= 0.6 is 0 Å². The van der Waals surface area contributed by atoms with Gasteiger partial charge in [0.1, 0.15) is 0 Å². The zero-order valence-corrected chi connectivity index (χ0v) is 8.85. The maximum atomic E-state index is 5.93. The van der Waals surface area contributed by atoms with Crippen molar-refractivity contribution in [1.82, 2.24) is 10.2 Å². The van der Waals surface area contributed by atoms with Gasteiger partial charge in [-0.15, -0.1) is 0 Å². The SMILES string of the molecule is CCC(N)Cc1nncc2ccccc12. The monoisotopic (exact) mass is 201 g/mol. The molecule has 0 aliphatic rings. The number of rotatable bonds is 3. The van der Waals surface area contributed by atoms with E-state index in [1.165, 1.54) is 0 Å². The van der Waals surface area contributed by atoms with Crippen LogP contribution in [0.3, 0.4) is 0 Å². The summed E-state index contributed by atoms with van der Waals surface area (Å²) in [5, 5.41) is 10.5. The van der Waals surface area contributed by atoms with Crippen LogP contribution in [0.25, 0.3) is 10.8 Å². The molecule has 0 saturated heterocycles. The topological polar surface area (TPSA) is 51.8 Å². The van der Waals surface area contributed by atoms with E-state index in [2.05, 4.69) is 23.2 Å². The summed E-state index contributed by atoms with van der Waals surface area (Å²) in [5.41, 5.74) is 6.93. The molecule has 0 bridgehead atoms. The molecule has 1 aromatic carbocycles. The molecule has 0 amide bonds. The Hall–Kier alpha value is -1.48. The van der Waals surface area contributed by atoms with Crippen molar-refractivity contribution < 1.29 is 0 Å². The predicted molar refractivity (Wildman–Crippen MR) is 61.5 cm³/mol. The highest BCUT2D eigenvalue weighted by Crippen LogP contribution is 2.16. The predicted octanol–water partition coefficient (Wildman–Crippen LogP) is 1.91. The van der Waals surface area contributed by atoms with Crippen LogP contribution in [0.1, 0.15) is 19.0 Å². The van der Waals surface area contributed by atoms with Crippen molar-refractivity contribution in [2.24, 2.45) is 5.73 Å². The van der Waals surface area contributed by atoms with Gasteiger partial charge in [-0.1, -0.05) is 31.2 Å². The lowest BCUT2D eigenvalue weighted by Crippen LogP contribution is -2.22. The standard InChI is InChI=1S/C12H15N3/c1-2-10(13)7-12-11-6-4-3-5-9(11)8-14-15-12/h3-6,8,10H,2,7,13H2,1H3. The first-order valence-corrected chi connectivity index (χ1v) is 5.26. The highest BCUT2D eigenvalue weighted by atomic mass is 15.1. The van der Waals surface area contributed by atoms with Crippen LogP contribution in [0.2, 0.25) is 0 Å². The highest BCUT2D eigenvalue weighted by molar-refractivity contribution is 5.83. The minimum atomic E-state index is 0.171. The van der Waals surface area contributed by atoms with Gasteiger partial charge in [0.15, 0.2) is 0 Å². The van der Waals surface area contributed by atoms with E-state index in [1.807, 2.05) is 18.2 Å². The number of nitrogens with zero attached hydrogens (tertiary/aromatic N) is 2. The first-order valence-electron chi connectivity index (χ1n) is 5.26. The first kappa shape index (κ1) is 10.1. The molecule has 0 spiro atoms. The largest absolute Gasteiger partial charge is 0.327 e. The Morgan fingerprint density at radius 1 is 1.33 bits per heavy atom. The lowest BCUT2D eigenvalue weighted by Gasteiger charge is -2.09. The summed E-state index contributed by atoms with van der Waals surface area (Å²) >= 11 is 0. The average Bonchev–Trinajstić information content (AvgIpc) is 2.29. The molecule has 1 unspecified atom stereocenters. The summed E-state index contributed by atoms with van der Waals surface area (Å²) in [6.07, 6.45) is 3.55. The molecule has 0 aliphatic heterocycles. The van der Waals surface area contributed by atoms with Crippen LogP contribution in [0.5, 0.6) is 0 Å². The fourth-order valence-corrected chi connectivity index (χ4v) is 1.63. The fraction of sp³-hybridized carbons (Fsp3) is 0.333. The number of aromatic nitrogens is 2.